The van der Waals surface area contributed by atoms with Gasteiger partial charge in [0.25, 0.3) is 0 Å². The number of nitrogens with zero attached hydrogens (tertiary/aromatic N) is 1. The lowest BCUT2D eigenvalue weighted by Crippen LogP contribution is -2.49. The molecule has 106 valence electrons. The standard InChI is InChI=1S/C15H30N2O/c1-3-8-16-11-15(7-5-10-18-13-15)12-17-9-4-6-14(17)2/h14,16H,3-13H2,1-2H3. The topological polar surface area (TPSA) is 24.5 Å². The van der Waals surface area contributed by atoms with Gasteiger partial charge >= 0.3 is 0 Å². The quantitative estimate of drug-likeness (QED) is 0.736. The lowest BCUT2D eigenvalue weighted by molar-refractivity contribution is -0.0271. The molecule has 2 aliphatic rings. The Hall–Kier alpha value is -0.120. The fourth-order valence-electron chi connectivity index (χ4n) is 3.42. The van der Waals surface area contributed by atoms with Crippen molar-refractivity contribution < 1.29 is 4.74 Å². The van der Waals surface area contributed by atoms with Crippen molar-refractivity contribution in [3.8, 4) is 0 Å². The van der Waals surface area contributed by atoms with E-state index in [2.05, 4.69) is 24.1 Å². The van der Waals surface area contributed by atoms with E-state index in [0.29, 0.717) is 5.41 Å². The number of ether oxygens (including phenoxy) is 1. The van der Waals surface area contributed by atoms with E-state index in [-0.39, 0.29) is 0 Å². The molecular formula is C15H30N2O. The zero-order valence-electron chi connectivity index (χ0n) is 12.2. The largest absolute Gasteiger partial charge is 0.381 e. The number of likely N-dealkylation sites (tertiary alicyclic amines) is 1. The van der Waals surface area contributed by atoms with Crippen LogP contribution in [-0.2, 0) is 4.74 Å². The molecule has 3 heteroatoms. The van der Waals surface area contributed by atoms with Gasteiger partial charge in [-0.3, -0.25) is 4.90 Å². The first-order valence-corrected chi connectivity index (χ1v) is 7.78. The SMILES string of the molecule is CCCNCC1(CN2CCCC2C)CCCOC1. The third-order valence-corrected chi connectivity index (χ3v) is 4.56. The molecule has 0 amide bonds. The van der Waals surface area contributed by atoms with Gasteiger partial charge in [0.2, 0.25) is 0 Å². The Morgan fingerprint density at radius 2 is 2.28 bits per heavy atom. The molecule has 0 aromatic heterocycles. The van der Waals surface area contributed by atoms with E-state index in [1.165, 1.54) is 45.2 Å². The molecule has 0 saturated carbocycles. The van der Waals surface area contributed by atoms with E-state index in [4.69, 9.17) is 4.74 Å². The van der Waals surface area contributed by atoms with E-state index in [0.717, 1.165) is 32.3 Å². The number of nitrogens with one attached hydrogen (secondary N) is 1. The van der Waals surface area contributed by atoms with Gasteiger partial charge in [-0.25, -0.2) is 0 Å². The van der Waals surface area contributed by atoms with Crippen molar-refractivity contribution in [3.63, 3.8) is 0 Å². The third kappa shape index (κ3) is 3.69. The molecular weight excluding hydrogens is 224 g/mol. The predicted molar refractivity (Wildman–Crippen MR) is 75.9 cm³/mol. The van der Waals surface area contributed by atoms with Crippen molar-refractivity contribution in [2.75, 3.05) is 39.4 Å². The monoisotopic (exact) mass is 254 g/mol. The van der Waals surface area contributed by atoms with Crippen LogP contribution in [0.25, 0.3) is 0 Å². The number of hydrogen-bond donors (Lipinski definition) is 1. The molecule has 2 heterocycles. The summed E-state index contributed by atoms with van der Waals surface area (Å²) in [6.45, 7) is 11.3. The lowest BCUT2D eigenvalue weighted by atomic mass is 9.81. The summed E-state index contributed by atoms with van der Waals surface area (Å²) in [5.41, 5.74) is 0.367. The van der Waals surface area contributed by atoms with Crippen molar-refractivity contribution in [1.82, 2.24) is 10.2 Å². The van der Waals surface area contributed by atoms with Gasteiger partial charge in [-0.05, 0) is 52.1 Å². The summed E-state index contributed by atoms with van der Waals surface area (Å²) in [7, 11) is 0. The minimum Gasteiger partial charge on any atom is -0.381 e. The first-order chi connectivity index (χ1) is 8.76. The molecule has 2 saturated heterocycles. The molecule has 2 rings (SSSR count). The van der Waals surface area contributed by atoms with Crippen LogP contribution in [-0.4, -0.2) is 50.3 Å². The Morgan fingerprint density at radius 1 is 1.39 bits per heavy atom. The Labute approximate surface area is 112 Å². The number of hydrogen-bond acceptors (Lipinski definition) is 3. The van der Waals surface area contributed by atoms with Crippen LogP contribution >= 0.6 is 0 Å². The van der Waals surface area contributed by atoms with E-state index in [9.17, 15) is 0 Å². The van der Waals surface area contributed by atoms with Crippen LogP contribution in [0, 0.1) is 5.41 Å². The summed E-state index contributed by atoms with van der Waals surface area (Å²) in [6.07, 6.45) is 6.53. The van der Waals surface area contributed by atoms with Gasteiger partial charge < -0.3 is 10.1 Å². The molecule has 2 atom stereocenters. The summed E-state index contributed by atoms with van der Waals surface area (Å²) in [6, 6.07) is 0.773. The fourth-order valence-corrected chi connectivity index (χ4v) is 3.42. The average molecular weight is 254 g/mol. The van der Waals surface area contributed by atoms with Crippen LogP contribution < -0.4 is 5.32 Å². The zero-order valence-corrected chi connectivity index (χ0v) is 12.2. The molecule has 1 N–H and O–H groups in total. The highest BCUT2D eigenvalue weighted by atomic mass is 16.5. The maximum atomic E-state index is 5.80. The molecule has 18 heavy (non-hydrogen) atoms. The Bertz CT molecular complexity index is 239. The molecule has 0 aromatic rings. The van der Waals surface area contributed by atoms with E-state index >= 15 is 0 Å². The third-order valence-electron chi connectivity index (χ3n) is 4.56. The van der Waals surface area contributed by atoms with Gasteiger partial charge in [0.1, 0.15) is 0 Å². The molecule has 0 radical (unpaired) electrons. The molecule has 0 spiro atoms. The molecule has 0 bridgehead atoms. The highest BCUT2D eigenvalue weighted by Gasteiger charge is 2.36. The molecule has 2 fully saturated rings. The zero-order chi connectivity index (χ0) is 12.8. The Kier molecular flexibility index (Phi) is 5.46. The van der Waals surface area contributed by atoms with Crippen LogP contribution in [0.2, 0.25) is 0 Å². The highest BCUT2D eigenvalue weighted by Crippen LogP contribution is 2.31. The summed E-state index contributed by atoms with van der Waals surface area (Å²) in [5.74, 6) is 0. The van der Waals surface area contributed by atoms with Gasteiger partial charge in [-0.1, -0.05) is 6.92 Å². The second-order valence-corrected chi connectivity index (χ2v) is 6.29. The van der Waals surface area contributed by atoms with Crippen molar-refractivity contribution in [3.05, 3.63) is 0 Å². The van der Waals surface area contributed by atoms with Crippen LogP contribution in [0.4, 0.5) is 0 Å². The van der Waals surface area contributed by atoms with Gasteiger partial charge in [-0.2, -0.15) is 0 Å². The second kappa shape index (κ2) is 6.88. The van der Waals surface area contributed by atoms with E-state index in [1.54, 1.807) is 0 Å². The van der Waals surface area contributed by atoms with Gasteiger partial charge in [0.15, 0.2) is 0 Å². The Balaban J connectivity index is 1.90. The molecule has 2 unspecified atom stereocenters. The van der Waals surface area contributed by atoms with Gasteiger partial charge in [0, 0.05) is 31.2 Å². The van der Waals surface area contributed by atoms with Crippen LogP contribution in [0.15, 0.2) is 0 Å². The molecule has 0 aliphatic carbocycles. The summed E-state index contributed by atoms with van der Waals surface area (Å²) < 4.78 is 5.80. The van der Waals surface area contributed by atoms with Gasteiger partial charge in [0.05, 0.1) is 6.61 Å². The van der Waals surface area contributed by atoms with Crippen molar-refractivity contribution in [2.45, 2.75) is 52.0 Å². The molecule has 2 aliphatic heterocycles. The first kappa shape index (κ1) is 14.3. The van der Waals surface area contributed by atoms with Crippen molar-refractivity contribution in [2.24, 2.45) is 5.41 Å². The predicted octanol–water partition coefficient (Wildman–Crippen LogP) is 2.27. The highest BCUT2D eigenvalue weighted by molar-refractivity contribution is 4.90. The van der Waals surface area contributed by atoms with E-state index in [1.807, 2.05) is 0 Å². The fraction of sp³-hybridized carbons (Fsp3) is 1.00. The first-order valence-electron chi connectivity index (χ1n) is 7.78. The molecule has 0 aromatic carbocycles. The maximum absolute atomic E-state index is 5.80. The van der Waals surface area contributed by atoms with Gasteiger partial charge in [-0.15, -0.1) is 0 Å². The average Bonchev–Trinajstić information content (AvgIpc) is 2.76. The lowest BCUT2D eigenvalue weighted by Gasteiger charge is -2.41. The molecule has 3 nitrogen and oxygen atoms in total. The van der Waals surface area contributed by atoms with Crippen molar-refractivity contribution in [1.29, 1.82) is 0 Å². The second-order valence-electron chi connectivity index (χ2n) is 6.29. The normalized spacial score (nSPS) is 34.0. The van der Waals surface area contributed by atoms with Crippen LogP contribution in [0.3, 0.4) is 0 Å². The summed E-state index contributed by atoms with van der Waals surface area (Å²) in [4.78, 5) is 2.68. The summed E-state index contributed by atoms with van der Waals surface area (Å²) >= 11 is 0. The Morgan fingerprint density at radius 3 is 2.89 bits per heavy atom. The van der Waals surface area contributed by atoms with Crippen LogP contribution in [0.5, 0.6) is 0 Å². The summed E-state index contributed by atoms with van der Waals surface area (Å²) in [5, 5.41) is 3.63. The minimum atomic E-state index is 0.367. The smallest absolute Gasteiger partial charge is 0.0546 e. The maximum Gasteiger partial charge on any atom is 0.0546 e. The van der Waals surface area contributed by atoms with Crippen molar-refractivity contribution >= 4 is 0 Å². The van der Waals surface area contributed by atoms with E-state index < -0.39 is 0 Å². The minimum absolute atomic E-state index is 0.367. The number of rotatable bonds is 6. The van der Waals surface area contributed by atoms with Crippen LogP contribution in [0.1, 0.15) is 46.0 Å².